The summed E-state index contributed by atoms with van der Waals surface area (Å²) in [5, 5.41) is 0. The van der Waals surface area contributed by atoms with Crippen molar-refractivity contribution >= 4 is 5.91 Å². The van der Waals surface area contributed by atoms with E-state index in [1.807, 2.05) is 24.1 Å². The molecule has 96 valence electrons. The number of carbonyl (C=O) groups excluding carboxylic acids is 1. The Morgan fingerprint density at radius 3 is 2.94 bits per heavy atom. The highest BCUT2D eigenvalue weighted by Gasteiger charge is 2.27. The van der Waals surface area contributed by atoms with Crippen molar-refractivity contribution in [2.24, 2.45) is 17.6 Å². The zero-order valence-corrected chi connectivity index (χ0v) is 10.5. The van der Waals surface area contributed by atoms with E-state index in [2.05, 4.69) is 0 Å². The Balaban J connectivity index is 1.80. The molecule has 0 radical (unpaired) electrons. The maximum Gasteiger partial charge on any atom is 0.229 e. The molecule has 3 unspecified atom stereocenters. The molecule has 4 heteroatoms. The molecule has 1 aliphatic carbocycles. The van der Waals surface area contributed by atoms with Crippen molar-refractivity contribution in [2.75, 3.05) is 26.8 Å². The Morgan fingerprint density at radius 2 is 2.35 bits per heavy atom. The zero-order valence-electron chi connectivity index (χ0n) is 10.5. The quantitative estimate of drug-likeness (QED) is 0.739. The number of hydrogen-bond donors (Lipinski definition) is 1. The van der Waals surface area contributed by atoms with Gasteiger partial charge in [0.1, 0.15) is 0 Å². The third-order valence-corrected chi connectivity index (χ3v) is 3.60. The average molecular weight is 238 g/mol. The Hall–Kier alpha value is -0.870. The maximum absolute atomic E-state index is 12.1. The second-order valence-corrected chi connectivity index (χ2v) is 5.19. The van der Waals surface area contributed by atoms with Crippen LogP contribution >= 0.6 is 0 Å². The second-order valence-electron chi connectivity index (χ2n) is 5.19. The van der Waals surface area contributed by atoms with Crippen LogP contribution in [0.25, 0.3) is 0 Å². The fourth-order valence-electron chi connectivity index (χ4n) is 2.62. The van der Waals surface area contributed by atoms with Crippen molar-refractivity contribution in [3.63, 3.8) is 0 Å². The predicted molar refractivity (Wildman–Crippen MR) is 66.4 cm³/mol. The van der Waals surface area contributed by atoms with Crippen LogP contribution in [0.2, 0.25) is 0 Å². The molecule has 1 amide bonds. The molecule has 17 heavy (non-hydrogen) atoms. The van der Waals surface area contributed by atoms with E-state index in [-0.39, 0.29) is 17.9 Å². The van der Waals surface area contributed by atoms with Crippen LogP contribution in [0.4, 0.5) is 0 Å². The largest absolute Gasteiger partial charge is 0.381 e. The number of carbonyl (C=O) groups is 1. The number of nitrogens with two attached hydrogens (primary N) is 1. The van der Waals surface area contributed by atoms with Crippen LogP contribution in [0, 0.1) is 11.8 Å². The van der Waals surface area contributed by atoms with Gasteiger partial charge in [-0.1, -0.05) is 12.2 Å². The van der Waals surface area contributed by atoms with E-state index in [0.29, 0.717) is 5.92 Å². The van der Waals surface area contributed by atoms with Gasteiger partial charge in [0, 0.05) is 26.2 Å². The lowest BCUT2D eigenvalue weighted by atomic mass is 10.0. The Bertz CT molecular complexity index is 298. The molecule has 0 aromatic rings. The van der Waals surface area contributed by atoms with Crippen LogP contribution in [0.1, 0.15) is 19.3 Å². The van der Waals surface area contributed by atoms with Gasteiger partial charge in [-0.05, 0) is 25.2 Å². The average Bonchev–Trinajstić information content (AvgIpc) is 2.76. The molecule has 2 N–H and O–H groups in total. The second kappa shape index (κ2) is 5.65. The first-order valence-corrected chi connectivity index (χ1v) is 6.43. The smallest absolute Gasteiger partial charge is 0.229 e. The topological polar surface area (TPSA) is 55.6 Å². The molecule has 0 saturated carbocycles. The molecular formula is C13H22N2O2. The van der Waals surface area contributed by atoms with Gasteiger partial charge in [-0.15, -0.1) is 0 Å². The standard InChI is InChI=1S/C13H22N2O2/c1-15(8-10-3-2-6-17-9-10)13(16)11-4-5-12(14)7-11/h4-5,10-12H,2-3,6-9,14H2,1H3. The summed E-state index contributed by atoms with van der Waals surface area (Å²) in [4.78, 5) is 14.0. The summed E-state index contributed by atoms with van der Waals surface area (Å²) in [7, 11) is 1.88. The fourth-order valence-corrected chi connectivity index (χ4v) is 2.62. The predicted octanol–water partition coefficient (Wildman–Crippen LogP) is 0.775. The van der Waals surface area contributed by atoms with E-state index >= 15 is 0 Å². The molecule has 1 aliphatic heterocycles. The maximum atomic E-state index is 12.1. The van der Waals surface area contributed by atoms with E-state index in [4.69, 9.17) is 10.5 Å². The molecule has 2 rings (SSSR count). The molecule has 3 atom stereocenters. The molecule has 0 spiro atoms. The Morgan fingerprint density at radius 1 is 1.53 bits per heavy atom. The highest BCUT2D eigenvalue weighted by molar-refractivity contribution is 5.81. The molecule has 1 saturated heterocycles. The minimum atomic E-state index is -0.0143. The first kappa shape index (κ1) is 12.6. The first-order chi connectivity index (χ1) is 8.16. The number of rotatable bonds is 3. The number of ether oxygens (including phenoxy) is 1. The summed E-state index contributed by atoms with van der Waals surface area (Å²) in [5.74, 6) is 0.677. The molecule has 2 aliphatic rings. The molecule has 1 fully saturated rings. The lowest BCUT2D eigenvalue weighted by molar-refractivity contribution is -0.133. The molecular weight excluding hydrogens is 216 g/mol. The minimum absolute atomic E-state index is 0.0143. The van der Waals surface area contributed by atoms with Crippen LogP contribution in [-0.4, -0.2) is 43.7 Å². The van der Waals surface area contributed by atoms with E-state index in [9.17, 15) is 4.79 Å². The number of hydrogen-bond acceptors (Lipinski definition) is 3. The lowest BCUT2D eigenvalue weighted by Gasteiger charge is -2.28. The summed E-state index contributed by atoms with van der Waals surface area (Å²) in [6.45, 7) is 2.46. The van der Waals surface area contributed by atoms with Crippen molar-refractivity contribution < 1.29 is 9.53 Å². The third kappa shape index (κ3) is 3.30. The zero-order chi connectivity index (χ0) is 12.3. The fraction of sp³-hybridized carbons (Fsp3) is 0.769. The minimum Gasteiger partial charge on any atom is -0.381 e. The van der Waals surface area contributed by atoms with Crippen LogP contribution in [-0.2, 0) is 9.53 Å². The monoisotopic (exact) mass is 238 g/mol. The Kier molecular flexibility index (Phi) is 4.18. The lowest BCUT2D eigenvalue weighted by Crippen LogP contribution is -2.38. The van der Waals surface area contributed by atoms with Gasteiger partial charge in [-0.3, -0.25) is 4.79 Å². The summed E-state index contributed by atoms with van der Waals surface area (Å²) in [6, 6.07) is 0.0513. The number of amides is 1. The summed E-state index contributed by atoms with van der Waals surface area (Å²) < 4.78 is 5.43. The molecule has 4 nitrogen and oxygen atoms in total. The van der Waals surface area contributed by atoms with Crippen molar-refractivity contribution in [1.29, 1.82) is 0 Å². The molecule has 1 heterocycles. The highest BCUT2D eigenvalue weighted by atomic mass is 16.5. The van der Waals surface area contributed by atoms with Crippen LogP contribution < -0.4 is 5.73 Å². The van der Waals surface area contributed by atoms with E-state index in [1.165, 1.54) is 0 Å². The summed E-state index contributed by atoms with van der Waals surface area (Å²) in [5.41, 5.74) is 5.77. The van der Waals surface area contributed by atoms with Crippen LogP contribution in [0.15, 0.2) is 12.2 Å². The summed E-state index contributed by atoms with van der Waals surface area (Å²) >= 11 is 0. The van der Waals surface area contributed by atoms with Crippen molar-refractivity contribution in [3.8, 4) is 0 Å². The third-order valence-electron chi connectivity index (χ3n) is 3.60. The highest BCUT2D eigenvalue weighted by Crippen LogP contribution is 2.20. The Labute approximate surface area is 103 Å². The number of nitrogens with zero attached hydrogens (tertiary/aromatic N) is 1. The van der Waals surface area contributed by atoms with Crippen LogP contribution in [0.3, 0.4) is 0 Å². The first-order valence-electron chi connectivity index (χ1n) is 6.43. The van der Waals surface area contributed by atoms with Crippen molar-refractivity contribution in [2.45, 2.75) is 25.3 Å². The van der Waals surface area contributed by atoms with E-state index in [0.717, 1.165) is 39.0 Å². The van der Waals surface area contributed by atoms with Gasteiger partial charge < -0.3 is 15.4 Å². The van der Waals surface area contributed by atoms with Crippen molar-refractivity contribution in [3.05, 3.63) is 12.2 Å². The molecule has 0 aromatic carbocycles. The van der Waals surface area contributed by atoms with Gasteiger partial charge >= 0.3 is 0 Å². The van der Waals surface area contributed by atoms with E-state index < -0.39 is 0 Å². The van der Waals surface area contributed by atoms with Crippen molar-refractivity contribution in [1.82, 2.24) is 4.90 Å². The van der Waals surface area contributed by atoms with Gasteiger partial charge in [0.2, 0.25) is 5.91 Å². The van der Waals surface area contributed by atoms with E-state index in [1.54, 1.807) is 0 Å². The molecule has 0 aromatic heterocycles. The van der Waals surface area contributed by atoms with Gasteiger partial charge in [-0.2, -0.15) is 0 Å². The van der Waals surface area contributed by atoms with Gasteiger partial charge in [-0.25, -0.2) is 0 Å². The summed E-state index contributed by atoms with van der Waals surface area (Å²) in [6.07, 6.45) is 6.91. The van der Waals surface area contributed by atoms with Gasteiger partial charge in [0.25, 0.3) is 0 Å². The van der Waals surface area contributed by atoms with Gasteiger partial charge in [0.05, 0.1) is 12.5 Å². The SMILES string of the molecule is CN(CC1CCCOC1)C(=O)C1C=CC(N)C1. The van der Waals surface area contributed by atoms with Crippen LogP contribution in [0.5, 0.6) is 0 Å². The van der Waals surface area contributed by atoms with Gasteiger partial charge in [0.15, 0.2) is 0 Å². The molecule has 0 bridgehead atoms. The normalized spacial score (nSPS) is 32.7.